The Hall–Kier alpha value is -2.93. The maximum atomic E-state index is 12.3. The number of benzene rings is 2. The van der Waals surface area contributed by atoms with Gasteiger partial charge in [-0.3, -0.25) is 9.59 Å². The molecule has 0 fully saturated rings. The minimum atomic E-state index is -0.731. The molecule has 0 aliphatic rings. The molecule has 6 nitrogen and oxygen atoms in total. The van der Waals surface area contributed by atoms with Crippen molar-refractivity contribution in [1.82, 2.24) is 4.98 Å². The number of para-hydroxylation sites is 1. The van der Waals surface area contributed by atoms with Gasteiger partial charge in [0.15, 0.2) is 6.61 Å². The summed E-state index contributed by atoms with van der Waals surface area (Å²) < 4.78 is 5.80. The third kappa shape index (κ3) is 4.00. The van der Waals surface area contributed by atoms with E-state index < -0.39 is 24.0 Å². The third-order valence-corrected chi connectivity index (χ3v) is 4.36. The predicted octanol–water partition coefficient (Wildman–Crippen LogP) is 3.39. The summed E-state index contributed by atoms with van der Waals surface area (Å²) in [4.78, 5) is 38.7. The number of carbonyl (C=O) groups is 2. The van der Waals surface area contributed by atoms with Gasteiger partial charge in [-0.2, -0.15) is 0 Å². The van der Waals surface area contributed by atoms with Crippen LogP contribution < -0.4 is 10.9 Å². The number of halogens is 1. The lowest BCUT2D eigenvalue weighted by Crippen LogP contribution is -2.22. The molecule has 132 valence electrons. The molecule has 7 heteroatoms. The van der Waals surface area contributed by atoms with Crippen LogP contribution in [0.4, 0.5) is 5.69 Å². The van der Waals surface area contributed by atoms with Crippen molar-refractivity contribution in [3.8, 4) is 0 Å². The first-order chi connectivity index (χ1) is 12.4. The Morgan fingerprint density at radius 2 is 1.92 bits per heavy atom. The van der Waals surface area contributed by atoms with Gasteiger partial charge in [0.25, 0.3) is 5.91 Å². The van der Waals surface area contributed by atoms with Crippen molar-refractivity contribution in [3.63, 3.8) is 0 Å². The fourth-order valence-electron chi connectivity index (χ4n) is 2.49. The van der Waals surface area contributed by atoms with Gasteiger partial charge in [-0.25, -0.2) is 4.79 Å². The molecule has 3 aromatic rings. The molecule has 0 aliphatic carbocycles. The lowest BCUT2D eigenvalue weighted by atomic mass is 10.1. The second-order valence-electron chi connectivity index (χ2n) is 5.70. The Kier molecular flexibility index (Phi) is 5.18. The number of H-pyrrole nitrogens is 1. The average Bonchev–Trinajstić information content (AvgIpc) is 2.61. The highest BCUT2D eigenvalue weighted by Gasteiger charge is 2.15. The van der Waals surface area contributed by atoms with E-state index in [0.29, 0.717) is 16.6 Å². The fraction of sp³-hybridized carbons (Fsp3) is 0.105. The zero-order valence-electron chi connectivity index (χ0n) is 13.8. The van der Waals surface area contributed by atoms with E-state index in [-0.39, 0.29) is 5.56 Å². The summed E-state index contributed by atoms with van der Waals surface area (Å²) in [5.41, 5.74) is 1.86. The Labute approximate surface area is 157 Å². The number of ether oxygens (including phenoxy) is 1. The highest BCUT2D eigenvalue weighted by atomic mass is 79.9. The summed E-state index contributed by atoms with van der Waals surface area (Å²) in [7, 11) is 0. The maximum Gasteiger partial charge on any atom is 0.339 e. The van der Waals surface area contributed by atoms with Crippen molar-refractivity contribution in [2.75, 3.05) is 11.9 Å². The zero-order chi connectivity index (χ0) is 18.7. The molecule has 3 rings (SSSR count). The second-order valence-corrected chi connectivity index (χ2v) is 6.55. The summed E-state index contributed by atoms with van der Waals surface area (Å²) >= 11 is 3.37. The number of carbonyl (C=O) groups excluding carboxylic acids is 2. The first kappa shape index (κ1) is 17.9. The monoisotopic (exact) mass is 414 g/mol. The van der Waals surface area contributed by atoms with Crippen LogP contribution in [-0.2, 0) is 9.53 Å². The Balaban J connectivity index is 1.71. The van der Waals surface area contributed by atoms with Crippen molar-refractivity contribution in [2.45, 2.75) is 6.92 Å². The topological polar surface area (TPSA) is 88.3 Å². The number of aryl methyl sites for hydroxylation is 1. The summed E-state index contributed by atoms with van der Waals surface area (Å²) in [5.74, 6) is -1.21. The molecule has 1 aromatic heterocycles. The van der Waals surface area contributed by atoms with Gasteiger partial charge in [0, 0.05) is 21.4 Å². The standard InChI is InChI=1S/C19H15BrN2O4/c1-11-6-7-16(14(20)8-11)22-18(24)10-26-19(25)13-9-17(23)21-15-5-3-2-4-12(13)15/h2-9H,10H2,1H3,(H,21,23)(H,22,24). The van der Waals surface area contributed by atoms with Gasteiger partial charge in [0.1, 0.15) is 0 Å². The molecule has 0 saturated carbocycles. The maximum absolute atomic E-state index is 12.3. The van der Waals surface area contributed by atoms with E-state index in [2.05, 4.69) is 26.2 Å². The Bertz CT molecular complexity index is 1060. The van der Waals surface area contributed by atoms with E-state index in [1.54, 1.807) is 30.3 Å². The van der Waals surface area contributed by atoms with E-state index in [0.717, 1.165) is 10.0 Å². The molecule has 2 N–H and O–H groups in total. The first-order valence-corrected chi connectivity index (χ1v) is 8.58. The smallest absolute Gasteiger partial charge is 0.339 e. The molecule has 0 unspecified atom stereocenters. The van der Waals surface area contributed by atoms with Crippen LogP contribution >= 0.6 is 15.9 Å². The van der Waals surface area contributed by atoms with Crippen molar-refractivity contribution < 1.29 is 14.3 Å². The molecule has 2 aromatic carbocycles. The summed E-state index contributed by atoms with van der Waals surface area (Å²) in [6, 6.07) is 13.5. The van der Waals surface area contributed by atoms with E-state index in [9.17, 15) is 14.4 Å². The van der Waals surface area contributed by atoms with Gasteiger partial charge < -0.3 is 15.0 Å². The van der Waals surface area contributed by atoms with Gasteiger partial charge in [-0.05, 0) is 46.6 Å². The highest BCUT2D eigenvalue weighted by Crippen LogP contribution is 2.23. The van der Waals surface area contributed by atoms with Gasteiger partial charge in [0.05, 0.1) is 11.3 Å². The molecule has 0 aliphatic heterocycles. The Morgan fingerprint density at radius 3 is 2.69 bits per heavy atom. The molecule has 0 spiro atoms. The number of esters is 1. The van der Waals surface area contributed by atoms with Crippen LogP contribution in [0.5, 0.6) is 0 Å². The minimum absolute atomic E-state index is 0.119. The predicted molar refractivity (Wildman–Crippen MR) is 102 cm³/mol. The van der Waals surface area contributed by atoms with Gasteiger partial charge in [0.2, 0.25) is 5.56 Å². The number of aromatic nitrogens is 1. The third-order valence-electron chi connectivity index (χ3n) is 3.70. The number of rotatable bonds is 4. The van der Waals surface area contributed by atoms with Crippen molar-refractivity contribution in [1.29, 1.82) is 0 Å². The number of nitrogens with one attached hydrogen (secondary N) is 2. The number of amides is 1. The van der Waals surface area contributed by atoms with Gasteiger partial charge >= 0.3 is 5.97 Å². The van der Waals surface area contributed by atoms with Crippen LogP contribution in [0.15, 0.2) is 57.8 Å². The molecule has 0 atom stereocenters. The quantitative estimate of drug-likeness (QED) is 0.640. The highest BCUT2D eigenvalue weighted by molar-refractivity contribution is 9.10. The van der Waals surface area contributed by atoms with Crippen LogP contribution in [0, 0.1) is 6.92 Å². The van der Waals surface area contributed by atoms with Crippen molar-refractivity contribution >= 4 is 44.4 Å². The first-order valence-electron chi connectivity index (χ1n) is 7.79. The van der Waals surface area contributed by atoms with Gasteiger partial charge in [-0.15, -0.1) is 0 Å². The Morgan fingerprint density at radius 1 is 1.15 bits per heavy atom. The number of hydrogen-bond acceptors (Lipinski definition) is 4. The molecule has 26 heavy (non-hydrogen) atoms. The zero-order valence-corrected chi connectivity index (χ0v) is 15.4. The summed E-state index contributed by atoms with van der Waals surface area (Å²) in [6.07, 6.45) is 0. The van der Waals surface area contributed by atoms with Crippen LogP contribution in [0.1, 0.15) is 15.9 Å². The SMILES string of the molecule is Cc1ccc(NC(=O)COC(=O)c2cc(=O)[nH]c3ccccc23)c(Br)c1. The summed E-state index contributed by atoms with van der Waals surface area (Å²) in [5, 5.41) is 3.22. The van der Waals surface area contributed by atoms with E-state index in [1.165, 1.54) is 6.07 Å². The fourth-order valence-corrected chi connectivity index (χ4v) is 3.08. The lowest BCUT2D eigenvalue weighted by Gasteiger charge is -2.09. The summed E-state index contributed by atoms with van der Waals surface area (Å²) in [6.45, 7) is 1.48. The van der Waals surface area contributed by atoms with Gasteiger partial charge in [-0.1, -0.05) is 24.3 Å². The molecular weight excluding hydrogens is 400 g/mol. The van der Waals surface area contributed by atoms with Crippen molar-refractivity contribution in [3.05, 3.63) is 74.5 Å². The minimum Gasteiger partial charge on any atom is -0.452 e. The lowest BCUT2D eigenvalue weighted by molar-refractivity contribution is -0.119. The van der Waals surface area contributed by atoms with Crippen LogP contribution in [0.2, 0.25) is 0 Å². The molecule has 1 amide bonds. The number of anilines is 1. The van der Waals surface area contributed by atoms with E-state index in [1.807, 2.05) is 19.1 Å². The van der Waals surface area contributed by atoms with Crippen LogP contribution in [0.25, 0.3) is 10.9 Å². The number of fused-ring (bicyclic) bond motifs is 1. The largest absolute Gasteiger partial charge is 0.452 e. The molecular formula is C19H15BrN2O4. The normalized spacial score (nSPS) is 10.5. The van der Waals surface area contributed by atoms with E-state index >= 15 is 0 Å². The number of pyridine rings is 1. The number of hydrogen-bond donors (Lipinski definition) is 2. The van der Waals surface area contributed by atoms with Crippen LogP contribution in [-0.4, -0.2) is 23.5 Å². The molecule has 0 bridgehead atoms. The van der Waals surface area contributed by atoms with E-state index in [4.69, 9.17) is 4.74 Å². The average molecular weight is 415 g/mol. The second kappa shape index (κ2) is 7.53. The molecule has 1 heterocycles. The van der Waals surface area contributed by atoms with Crippen molar-refractivity contribution in [2.24, 2.45) is 0 Å². The number of aromatic amines is 1. The molecule has 0 radical (unpaired) electrons. The molecule has 0 saturated heterocycles. The van der Waals surface area contributed by atoms with Crippen LogP contribution in [0.3, 0.4) is 0 Å².